The Hall–Kier alpha value is -3.48. The van der Waals surface area contributed by atoms with E-state index in [2.05, 4.69) is 21.6 Å². The van der Waals surface area contributed by atoms with E-state index in [1.54, 1.807) is 18.2 Å². The SMILES string of the molecule is CCCc1cnc(-c2ccc3c(F)c(CCc4ccc(OC(F)F)c(F)c4)ccc3c2)nc1. The number of halogens is 4. The largest absolute Gasteiger partial charge is 0.432 e. The van der Waals surface area contributed by atoms with Crippen molar-refractivity contribution in [2.24, 2.45) is 0 Å². The highest BCUT2D eigenvalue weighted by atomic mass is 19.3. The molecular weight excluding hydrogens is 432 g/mol. The molecule has 4 aromatic rings. The van der Waals surface area contributed by atoms with E-state index in [4.69, 9.17) is 0 Å². The van der Waals surface area contributed by atoms with E-state index in [0.29, 0.717) is 35.2 Å². The molecule has 1 heterocycles. The molecule has 0 aliphatic heterocycles. The van der Waals surface area contributed by atoms with Gasteiger partial charge in [-0.2, -0.15) is 8.78 Å². The molecule has 7 heteroatoms. The maximum atomic E-state index is 15.1. The van der Waals surface area contributed by atoms with E-state index in [9.17, 15) is 13.2 Å². The second-order valence-electron chi connectivity index (χ2n) is 7.78. The fraction of sp³-hybridized carbons (Fsp3) is 0.231. The smallest absolute Gasteiger partial charge is 0.387 e. The summed E-state index contributed by atoms with van der Waals surface area (Å²) in [6.07, 6.45) is 6.26. The van der Waals surface area contributed by atoms with Crippen LogP contribution >= 0.6 is 0 Å². The summed E-state index contributed by atoms with van der Waals surface area (Å²) in [4.78, 5) is 8.84. The van der Waals surface area contributed by atoms with E-state index in [1.807, 2.05) is 24.5 Å². The monoisotopic (exact) mass is 454 g/mol. The van der Waals surface area contributed by atoms with Crippen LogP contribution in [-0.2, 0) is 19.3 Å². The van der Waals surface area contributed by atoms with Crippen LogP contribution in [0.5, 0.6) is 5.75 Å². The molecule has 0 saturated carbocycles. The standard InChI is InChI=1S/C26H22F4N2O/c1-2-3-17-14-31-25(32-15-17)20-9-10-21-19(13-20)8-7-18(24(21)28)6-4-16-5-11-23(22(27)12-16)33-26(29)30/h5,7-15,26H,2-4,6H2,1H3. The van der Waals surface area contributed by atoms with Crippen molar-refractivity contribution in [1.29, 1.82) is 0 Å². The normalized spacial score (nSPS) is 11.3. The Morgan fingerprint density at radius 3 is 2.33 bits per heavy atom. The first kappa shape index (κ1) is 22.7. The Balaban J connectivity index is 1.51. The average molecular weight is 454 g/mol. The van der Waals surface area contributed by atoms with Crippen LogP contribution in [0.3, 0.4) is 0 Å². The number of alkyl halides is 2. The molecule has 0 bridgehead atoms. The molecule has 3 aromatic carbocycles. The molecule has 0 spiro atoms. The number of nitrogens with zero attached hydrogens (tertiary/aromatic N) is 2. The predicted molar refractivity (Wildman–Crippen MR) is 119 cm³/mol. The Kier molecular flexibility index (Phi) is 6.87. The number of rotatable bonds is 8. The van der Waals surface area contributed by atoms with Gasteiger partial charge < -0.3 is 4.74 Å². The summed E-state index contributed by atoms with van der Waals surface area (Å²) in [5.74, 6) is -1.13. The van der Waals surface area contributed by atoms with E-state index in [1.165, 1.54) is 6.07 Å². The molecule has 0 N–H and O–H groups in total. The zero-order valence-electron chi connectivity index (χ0n) is 18.0. The predicted octanol–water partition coefficient (Wildman–Crippen LogP) is 6.91. The second-order valence-corrected chi connectivity index (χ2v) is 7.78. The van der Waals surface area contributed by atoms with E-state index in [0.717, 1.165) is 41.5 Å². The summed E-state index contributed by atoms with van der Waals surface area (Å²) in [5.41, 5.74) is 2.93. The fourth-order valence-electron chi connectivity index (χ4n) is 3.76. The third kappa shape index (κ3) is 5.30. The van der Waals surface area contributed by atoms with Crippen molar-refractivity contribution in [3.05, 3.63) is 89.2 Å². The van der Waals surface area contributed by atoms with Gasteiger partial charge in [-0.3, -0.25) is 0 Å². The number of aromatic nitrogens is 2. The summed E-state index contributed by atoms with van der Waals surface area (Å²) >= 11 is 0. The van der Waals surface area contributed by atoms with Crippen molar-refractivity contribution < 1.29 is 22.3 Å². The lowest BCUT2D eigenvalue weighted by Crippen LogP contribution is -2.04. The minimum atomic E-state index is -3.09. The minimum absolute atomic E-state index is 0.333. The van der Waals surface area contributed by atoms with Crippen molar-refractivity contribution in [3.8, 4) is 17.1 Å². The van der Waals surface area contributed by atoms with Gasteiger partial charge in [0.2, 0.25) is 0 Å². The van der Waals surface area contributed by atoms with Gasteiger partial charge >= 0.3 is 6.61 Å². The van der Waals surface area contributed by atoms with Crippen LogP contribution in [0.1, 0.15) is 30.0 Å². The topological polar surface area (TPSA) is 35.0 Å². The molecule has 0 unspecified atom stereocenters. The molecule has 0 aliphatic carbocycles. The minimum Gasteiger partial charge on any atom is -0.432 e. The quantitative estimate of drug-likeness (QED) is 0.271. The van der Waals surface area contributed by atoms with Crippen molar-refractivity contribution in [1.82, 2.24) is 9.97 Å². The van der Waals surface area contributed by atoms with Crippen LogP contribution in [0.2, 0.25) is 0 Å². The zero-order chi connectivity index (χ0) is 23.4. The summed E-state index contributed by atoms with van der Waals surface area (Å²) < 4.78 is 57.7. The van der Waals surface area contributed by atoms with E-state index in [-0.39, 0.29) is 5.82 Å². The zero-order valence-corrected chi connectivity index (χ0v) is 18.0. The van der Waals surface area contributed by atoms with Crippen LogP contribution in [0.25, 0.3) is 22.2 Å². The molecule has 0 saturated heterocycles. The first-order valence-electron chi connectivity index (χ1n) is 10.7. The third-order valence-corrected chi connectivity index (χ3v) is 5.43. The molecule has 170 valence electrons. The van der Waals surface area contributed by atoms with Gasteiger partial charge in [-0.05, 0) is 59.5 Å². The number of aryl methyl sites for hydroxylation is 3. The lowest BCUT2D eigenvalue weighted by Gasteiger charge is -2.10. The van der Waals surface area contributed by atoms with Crippen LogP contribution in [0.15, 0.2) is 60.9 Å². The number of hydrogen-bond acceptors (Lipinski definition) is 3. The lowest BCUT2D eigenvalue weighted by atomic mass is 9.99. The van der Waals surface area contributed by atoms with Crippen molar-refractivity contribution >= 4 is 10.8 Å². The molecule has 0 atom stereocenters. The van der Waals surface area contributed by atoms with Gasteiger partial charge in [-0.25, -0.2) is 18.7 Å². The molecule has 0 fully saturated rings. The van der Waals surface area contributed by atoms with Gasteiger partial charge in [0.25, 0.3) is 0 Å². The summed E-state index contributed by atoms with van der Waals surface area (Å²) in [6.45, 7) is -0.996. The summed E-state index contributed by atoms with van der Waals surface area (Å²) in [5, 5.41) is 1.21. The van der Waals surface area contributed by atoms with Crippen molar-refractivity contribution in [2.75, 3.05) is 0 Å². The van der Waals surface area contributed by atoms with Crippen LogP contribution in [0.4, 0.5) is 17.6 Å². The van der Waals surface area contributed by atoms with Crippen LogP contribution in [0, 0.1) is 11.6 Å². The maximum Gasteiger partial charge on any atom is 0.387 e. The average Bonchev–Trinajstić information content (AvgIpc) is 2.80. The summed E-state index contributed by atoms with van der Waals surface area (Å²) in [7, 11) is 0. The van der Waals surface area contributed by atoms with Gasteiger partial charge in [0.05, 0.1) is 0 Å². The van der Waals surface area contributed by atoms with Crippen LogP contribution in [-0.4, -0.2) is 16.6 Å². The van der Waals surface area contributed by atoms with Crippen molar-refractivity contribution in [2.45, 2.75) is 39.2 Å². The van der Waals surface area contributed by atoms with Gasteiger partial charge in [-0.1, -0.05) is 43.7 Å². The van der Waals surface area contributed by atoms with Gasteiger partial charge in [-0.15, -0.1) is 0 Å². The molecule has 0 amide bonds. The molecule has 3 nitrogen and oxygen atoms in total. The van der Waals surface area contributed by atoms with E-state index < -0.39 is 18.2 Å². The Morgan fingerprint density at radius 2 is 1.64 bits per heavy atom. The van der Waals surface area contributed by atoms with Gasteiger partial charge in [0.15, 0.2) is 17.4 Å². The Bertz CT molecular complexity index is 1260. The highest BCUT2D eigenvalue weighted by Crippen LogP contribution is 2.27. The summed E-state index contributed by atoms with van der Waals surface area (Å²) in [6, 6.07) is 12.7. The third-order valence-electron chi connectivity index (χ3n) is 5.43. The van der Waals surface area contributed by atoms with Gasteiger partial charge in [0.1, 0.15) is 5.82 Å². The number of benzene rings is 3. The highest BCUT2D eigenvalue weighted by Gasteiger charge is 2.13. The molecule has 4 rings (SSSR count). The first-order chi connectivity index (χ1) is 15.9. The lowest BCUT2D eigenvalue weighted by molar-refractivity contribution is -0.0522. The Morgan fingerprint density at radius 1 is 0.848 bits per heavy atom. The number of ether oxygens (including phenoxy) is 1. The second kappa shape index (κ2) is 9.98. The van der Waals surface area contributed by atoms with Gasteiger partial charge in [0, 0.05) is 23.3 Å². The molecule has 0 aliphatic rings. The molecule has 1 aromatic heterocycles. The molecule has 0 radical (unpaired) electrons. The van der Waals surface area contributed by atoms with E-state index >= 15 is 4.39 Å². The van der Waals surface area contributed by atoms with Crippen molar-refractivity contribution in [3.63, 3.8) is 0 Å². The molecular formula is C26H22F4N2O. The molecule has 33 heavy (non-hydrogen) atoms. The highest BCUT2D eigenvalue weighted by molar-refractivity contribution is 5.87. The fourth-order valence-corrected chi connectivity index (χ4v) is 3.76. The maximum absolute atomic E-state index is 15.1. The Labute approximate surface area is 189 Å². The first-order valence-corrected chi connectivity index (χ1v) is 10.7. The number of fused-ring (bicyclic) bond motifs is 1. The van der Waals surface area contributed by atoms with Crippen LogP contribution < -0.4 is 4.74 Å². The number of hydrogen-bond donors (Lipinski definition) is 0.